The Morgan fingerprint density at radius 2 is 2.00 bits per heavy atom. The van der Waals surface area contributed by atoms with Crippen LogP contribution in [0.5, 0.6) is 0 Å². The third kappa shape index (κ3) is 4.85. The van der Waals surface area contributed by atoms with E-state index in [1.54, 1.807) is 0 Å². The smallest absolute Gasteiger partial charge is 0.219 e. The summed E-state index contributed by atoms with van der Waals surface area (Å²) in [5, 5.41) is 18.4. The summed E-state index contributed by atoms with van der Waals surface area (Å²) in [5.74, 6) is -0.920. The van der Waals surface area contributed by atoms with Crippen molar-refractivity contribution in [3.05, 3.63) is 34.7 Å². The summed E-state index contributed by atoms with van der Waals surface area (Å²) in [7, 11) is 0. The van der Waals surface area contributed by atoms with Crippen LogP contribution in [0.4, 0.5) is 0 Å². The van der Waals surface area contributed by atoms with E-state index in [2.05, 4.69) is 15.5 Å². The van der Waals surface area contributed by atoms with Gasteiger partial charge in [-0.05, 0) is 19.4 Å². The van der Waals surface area contributed by atoms with Crippen molar-refractivity contribution in [3.63, 3.8) is 0 Å². The van der Waals surface area contributed by atoms with E-state index < -0.39 is 17.1 Å². The number of aromatic nitrogens is 2. The third-order valence-corrected chi connectivity index (χ3v) is 3.06. The maximum atomic E-state index is 11.5. The molecule has 0 amide bonds. The summed E-state index contributed by atoms with van der Waals surface area (Å²) < 4.78 is 0. The topological polar surface area (TPSA) is 113 Å². The van der Waals surface area contributed by atoms with Gasteiger partial charge in [0.2, 0.25) is 5.78 Å². The van der Waals surface area contributed by atoms with Crippen molar-refractivity contribution in [3.8, 4) is 6.07 Å². The van der Waals surface area contributed by atoms with E-state index in [1.165, 1.54) is 31.5 Å². The maximum Gasteiger partial charge on any atom is 0.219 e. The molecule has 0 radical (unpaired) electrons. The second-order valence-corrected chi connectivity index (χ2v) is 4.60. The van der Waals surface area contributed by atoms with Gasteiger partial charge in [0.25, 0.3) is 0 Å². The quantitative estimate of drug-likeness (QED) is 0.780. The summed E-state index contributed by atoms with van der Waals surface area (Å²) in [6.07, 6.45) is 4.26. The zero-order valence-corrected chi connectivity index (χ0v) is 11.7. The molecule has 0 spiro atoms. The molecule has 1 N–H and O–H groups in total. The fourth-order valence-electron chi connectivity index (χ4n) is 2.05. The zero-order valence-electron chi connectivity index (χ0n) is 11.7. The Kier molecular flexibility index (Phi) is 6.30. The molecule has 21 heavy (non-hydrogen) atoms. The van der Waals surface area contributed by atoms with Gasteiger partial charge in [-0.3, -0.25) is 14.4 Å². The van der Waals surface area contributed by atoms with Gasteiger partial charge in [-0.2, -0.15) is 15.5 Å². The van der Waals surface area contributed by atoms with Crippen LogP contribution in [0.2, 0.25) is 0 Å². The van der Waals surface area contributed by atoms with Gasteiger partial charge in [0.1, 0.15) is 0 Å². The number of Topliss-reactive ketones (excluding diaryl/α,β-unsaturated/α-hetero) is 2. The second kappa shape index (κ2) is 7.97. The van der Waals surface area contributed by atoms with E-state index in [0.29, 0.717) is 13.0 Å². The number of rotatable bonds is 3. The summed E-state index contributed by atoms with van der Waals surface area (Å²) in [4.78, 5) is 32.8. The van der Waals surface area contributed by atoms with Gasteiger partial charge in [0.05, 0.1) is 30.4 Å². The fourth-order valence-corrected chi connectivity index (χ4v) is 2.05. The Hall–Kier alpha value is -2.46. The van der Waals surface area contributed by atoms with Crippen LogP contribution in [0, 0.1) is 11.3 Å². The lowest BCUT2D eigenvalue weighted by Gasteiger charge is -2.23. The highest BCUT2D eigenvalue weighted by Crippen LogP contribution is 2.24. The molecule has 1 saturated heterocycles. The first-order valence-electron chi connectivity index (χ1n) is 6.46. The highest BCUT2D eigenvalue weighted by atomic mass is 16.2. The summed E-state index contributed by atoms with van der Waals surface area (Å²) in [5.41, 5.74) is -0.948. The number of hydrogen-bond donors (Lipinski definition) is 1. The van der Waals surface area contributed by atoms with Gasteiger partial charge in [-0.15, -0.1) is 0 Å². The largest absolute Gasteiger partial charge is 0.304 e. The Morgan fingerprint density at radius 3 is 2.43 bits per heavy atom. The molecule has 0 aromatic carbocycles. The first-order chi connectivity index (χ1) is 10.0. The van der Waals surface area contributed by atoms with E-state index in [1.807, 2.05) is 6.07 Å². The third-order valence-electron chi connectivity index (χ3n) is 3.06. The van der Waals surface area contributed by atoms with Crippen molar-refractivity contribution in [2.75, 3.05) is 6.54 Å². The van der Waals surface area contributed by atoms with E-state index >= 15 is 0 Å². The van der Waals surface area contributed by atoms with Gasteiger partial charge in [-0.1, -0.05) is 0 Å². The summed E-state index contributed by atoms with van der Waals surface area (Å²) in [6.45, 7) is 1.96. The maximum absolute atomic E-state index is 11.5. The van der Waals surface area contributed by atoms with Crippen molar-refractivity contribution in [1.82, 2.24) is 15.5 Å². The van der Waals surface area contributed by atoms with Gasteiger partial charge < -0.3 is 5.32 Å². The minimum Gasteiger partial charge on any atom is -0.304 e. The molecule has 2 heterocycles. The molecule has 1 aromatic rings. The number of nitriles is 1. The van der Waals surface area contributed by atoms with Gasteiger partial charge in [-0.25, -0.2) is 0 Å². The predicted octanol–water partition coefficient (Wildman–Crippen LogP) is 0.0172. The van der Waals surface area contributed by atoms with Crippen LogP contribution in [0.15, 0.2) is 29.3 Å². The molecule has 2 rings (SSSR count). The molecule has 0 saturated carbocycles. The van der Waals surface area contributed by atoms with E-state index in [4.69, 9.17) is 5.26 Å². The first kappa shape index (κ1) is 16.6. The SMILES string of the molecule is CC(=O)C(=O)[C@]1(CC#N)CCCN1.O=c1ccnncc1. The number of nitrogens with zero attached hydrogens (tertiary/aromatic N) is 3. The normalized spacial score (nSPS) is 19.8. The lowest BCUT2D eigenvalue weighted by molar-refractivity contribution is -0.139. The number of carbonyl (C=O) groups is 2. The number of carbonyl (C=O) groups excluding carboxylic acids is 2. The molecule has 1 aromatic heterocycles. The fraction of sp³-hybridized carbons (Fsp3) is 0.429. The second-order valence-electron chi connectivity index (χ2n) is 4.60. The van der Waals surface area contributed by atoms with E-state index in [-0.39, 0.29) is 11.8 Å². The molecule has 7 nitrogen and oxygen atoms in total. The lowest BCUT2D eigenvalue weighted by Crippen LogP contribution is -2.50. The van der Waals surface area contributed by atoms with Crippen molar-refractivity contribution in [2.24, 2.45) is 0 Å². The molecular formula is C14H16N4O3. The molecule has 0 aliphatic carbocycles. The summed E-state index contributed by atoms with van der Waals surface area (Å²) in [6, 6.07) is 4.66. The zero-order chi connectivity index (χ0) is 15.7. The highest BCUT2D eigenvalue weighted by molar-refractivity contribution is 6.39. The minimum absolute atomic E-state index is 0.0741. The molecule has 7 heteroatoms. The summed E-state index contributed by atoms with van der Waals surface area (Å²) >= 11 is 0. The molecule has 1 aliphatic rings. The van der Waals surface area contributed by atoms with Crippen LogP contribution in [-0.4, -0.2) is 33.8 Å². The van der Waals surface area contributed by atoms with Crippen LogP contribution in [0.25, 0.3) is 0 Å². The Balaban J connectivity index is 0.000000235. The minimum atomic E-state index is -0.874. The standard InChI is InChI=1S/C9H12N2O2.C5H4N2O/c1-7(12)8(13)9(4-5-10)3-2-6-11-9;8-5-1-3-6-7-4-2-5/h11H,2-4,6H2,1H3;1-4H/t9-;/m1./s1. The van der Waals surface area contributed by atoms with Gasteiger partial charge in [0.15, 0.2) is 11.2 Å². The van der Waals surface area contributed by atoms with Gasteiger partial charge in [0, 0.05) is 19.1 Å². The average Bonchev–Trinajstić information content (AvgIpc) is 2.80. The molecule has 1 fully saturated rings. The van der Waals surface area contributed by atoms with Crippen LogP contribution in [0.3, 0.4) is 0 Å². The molecular weight excluding hydrogens is 272 g/mol. The Labute approximate surface area is 122 Å². The first-order valence-corrected chi connectivity index (χ1v) is 6.46. The molecule has 110 valence electrons. The highest BCUT2D eigenvalue weighted by Gasteiger charge is 2.42. The van der Waals surface area contributed by atoms with Crippen LogP contribution < -0.4 is 10.7 Å². The predicted molar refractivity (Wildman–Crippen MR) is 74.2 cm³/mol. The van der Waals surface area contributed by atoms with Crippen molar-refractivity contribution in [1.29, 1.82) is 5.26 Å². The molecule has 0 unspecified atom stereocenters. The van der Waals surface area contributed by atoms with Crippen molar-refractivity contribution < 1.29 is 9.59 Å². The van der Waals surface area contributed by atoms with Crippen LogP contribution >= 0.6 is 0 Å². The number of hydrogen-bond acceptors (Lipinski definition) is 7. The van der Waals surface area contributed by atoms with Crippen LogP contribution in [0.1, 0.15) is 26.2 Å². The van der Waals surface area contributed by atoms with E-state index in [0.717, 1.165) is 6.42 Å². The Bertz CT molecular complexity index is 582. The average molecular weight is 288 g/mol. The number of nitrogens with one attached hydrogen (secondary N) is 1. The van der Waals surface area contributed by atoms with E-state index in [9.17, 15) is 14.4 Å². The van der Waals surface area contributed by atoms with Crippen molar-refractivity contribution >= 4 is 11.6 Å². The number of ketones is 2. The monoisotopic (exact) mass is 288 g/mol. The molecule has 0 bridgehead atoms. The van der Waals surface area contributed by atoms with Gasteiger partial charge >= 0.3 is 0 Å². The molecule has 1 aliphatic heterocycles. The van der Waals surface area contributed by atoms with Crippen LogP contribution in [-0.2, 0) is 9.59 Å². The van der Waals surface area contributed by atoms with Crippen molar-refractivity contribution in [2.45, 2.75) is 31.7 Å². The molecule has 1 atom stereocenters. The Morgan fingerprint density at radius 1 is 1.38 bits per heavy atom. The lowest BCUT2D eigenvalue weighted by atomic mass is 9.87.